The molecule has 1 aromatic carbocycles. The van der Waals surface area contributed by atoms with Crippen molar-refractivity contribution in [1.29, 1.82) is 0 Å². The molecular formula is C14H18N2O4. The van der Waals surface area contributed by atoms with Crippen LogP contribution in [0.4, 0.5) is 5.69 Å². The summed E-state index contributed by atoms with van der Waals surface area (Å²) in [6.07, 6.45) is 0.784. The number of anilines is 1. The lowest BCUT2D eigenvalue weighted by Crippen LogP contribution is -2.25. The minimum Gasteiger partial charge on any atom is -0.469 e. The summed E-state index contributed by atoms with van der Waals surface area (Å²) in [5.74, 6) is -0.741. The van der Waals surface area contributed by atoms with Gasteiger partial charge in [-0.25, -0.2) is 0 Å². The van der Waals surface area contributed by atoms with Crippen molar-refractivity contribution < 1.29 is 19.1 Å². The SMILES string of the molecule is COC(=O)CCCNC(=O)c1cccc(NC(C)=O)c1. The van der Waals surface area contributed by atoms with Crippen LogP contribution in [0.3, 0.4) is 0 Å². The topological polar surface area (TPSA) is 84.5 Å². The van der Waals surface area contributed by atoms with E-state index in [-0.39, 0.29) is 24.2 Å². The summed E-state index contributed by atoms with van der Waals surface area (Å²) in [5.41, 5.74) is 1.02. The lowest BCUT2D eigenvalue weighted by molar-refractivity contribution is -0.140. The van der Waals surface area contributed by atoms with Gasteiger partial charge in [0.2, 0.25) is 5.91 Å². The molecule has 1 aromatic rings. The average molecular weight is 278 g/mol. The molecule has 0 saturated heterocycles. The predicted molar refractivity (Wildman–Crippen MR) is 74.3 cm³/mol. The number of nitrogens with one attached hydrogen (secondary N) is 2. The number of benzene rings is 1. The smallest absolute Gasteiger partial charge is 0.305 e. The second-order valence-corrected chi connectivity index (χ2v) is 4.20. The molecule has 0 fully saturated rings. The summed E-state index contributed by atoms with van der Waals surface area (Å²) in [7, 11) is 1.33. The molecule has 108 valence electrons. The summed E-state index contributed by atoms with van der Waals surface area (Å²) in [6, 6.07) is 6.64. The van der Waals surface area contributed by atoms with E-state index in [2.05, 4.69) is 15.4 Å². The van der Waals surface area contributed by atoms with E-state index in [1.165, 1.54) is 14.0 Å². The zero-order valence-electron chi connectivity index (χ0n) is 11.6. The summed E-state index contributed by atoms with van der Waals surface area (Å²) in [6.45, 7) is 1.79. The van der Waals surface area contributed by atoms with Crippen LogP contribution in [0.1, 0.15) is 30.1 Å². The maximum atomic E-state index is 11.9. The van der Waals surface area contributed by atoms with Crippen LogP contribution in [-0.4, -0.2) is 31.4 Å². The van der Waals surface area contributed by atoms with E-state index in [0.717, 1.165) is 0 Å². The van der Waals surface area contributed by atoms with Gasteiger partial charge in [-0.05, 0) is 24.6 Å². The lowest BCUT2D eigenvalue weighted by Gasteiger charge is -2.07. The third-order valence-electron chi connectivity index (χ3n) is 2.52. The zero-order valence-corrected chi connectivity index (χ0v) is 11.6. The van der Waals surface area contributed by atoms with Crippen LogP contribution in [0, 0.1) is 0 Å². The highest BCUT2D eigenvalue weighted by Crippen LogP contribution is 2.10. The molecule has 20 heavy (non-hydrogen) atoms. The molecule has 0 spiro atoms. The molecule has 0 bridgehead atoms. The van der Waals surface area contributed by atoms with Crippen molar-refractivity contribution in [3.63, 3.8) is 0 Å². The first-order valence-corrected chi connectivity index (χ1v) is 6.25. The van der Waals surface area contributed by atoms with E-state index in [9.17, 15) is 14.4 Å². The summed E-state index contributed by atoms with van der Waals surface area (Å²) < 4.78 is 4.50. The predicted octanol–water partition coefficient (Wildman–Crippen LogP) is 1.33. The van der Waals surface area contributed by atoms with Crippen LogP contribution in [0.25, 0.3) is 0 Å². The maximum absolute atomic E-state index is 11.9. The van der Waals surface area contributed by atoms with E-state index in [0.29, 0.717) is 24.2 Å². The first kappa shape index (κ1) is 15.7. The van der Waals surface area contributed by atoms with Crippen LogP contribution in [0.5, 0.6) is 0 Å². The first-order valence-electron chi connectivity index (χ1n) is 6.25. The van der Waals surface area contributed by atoms with E-state index >= 15 is 0 Å². The molecular weight excluding hydrogens is 260 g/mol. The van der Waals surface area contributed by atoms with E-state index in [1.807, 2.05) is 0 Å². The fraction of sp³-hybridized carbons (Fsp3) is 0.357. The number of hydrogen-bond acceptors (Lipinski definition) is 4. The molecule has 0 heterocycles. The van der Waals surface area contributed by atoms with Gasteiger partial charge in [-0.15, -0.1) is 0 Å². The van der Waals surface area contributed by atoms with Gasteiger partial charge in [-0.3, -0.25) is 14.4 Å². The molecule has 0 aromatic heterocycles. The van der Waals surface area contributed by atoms with Crippen LogP contribution in [0.15, 0.2) is 24.3 Å². The minimum atomic E-state index is -0.299. The third-order valence-corrected chi connectivity index (χ3v) is 2.52. The van der Waals surface area contributed by atoms with Crippen molar-refractivity contribution in [1.82, 2.24) is 5.32 Å². The Bertz CT molecular complexity index is 500. The Labute approximate surface area is 117 Å². The van der Waals surface area contributed by atoms with Gasteiger partial charge in [0.25, 0.3) is 5.91 Å². The number of carbonyl (C=O) groups is 3. The molecule has 0 aliphatic rings. The van der Waals surface area contributed by atoms with Gasteiger partial charge in [0.1, 0.15) is 0 Å². The van der Waals surface area contributed by atoms with Crippen molar-refractivity contribution in [3.05, 3.63) is 29.8 Å². The minimum absolute atomic E-state index is 0.194. The Morgan fingerprint density at radius 1 is 1.25 bits per heavy atom. The fourth-order valence-corrected chi connectivity index (χ4v) is 1.58. The van der Waals surface area contributed by atoms with Crippen molar-refractivity contribution in [2.45, 2.75) is 19.8 Å². The molecule has 2 N–H and O–H groups in total. The van der Waals surface area contributed by atoms with Gasteiger partial charge in [-0.1, -0.05) is 6.07 Å². The average Bonchev–Trinajstić information content (AvgIpc) is 2.42. The number of rotatable bonds is 6. The summed E-state index contributed by atoms with van der Waals surface area (Å²) >= 11 is 0. The summed E-state index contributed by atoms with van der Waals surface area (Å²) in [4.78, 5) is 33.7. The maximum Gasteiger partial charge on any atom is 0.305 e. The Hall–Kier alpha value is -2.37. The molecule has 0 aliphatic carbocycles. The molecule has 0 aliphatic heterocycles. The highest BCUT2D eigenvalue weighted by Gasteiger charge is 2.07. The Kier molecular flexibility index (Phi) is 6.22. The molecule has 6 nitrogen and oxygen atoms in total. The van der Waals surface area contributed by atoms with Crippen LogP contribution >= 0.6 is 0 Å². The van der Waals surface area contributed by atoms with E-state index in [4.69, 9.17) is 0 Å². The number of ether oxygens (including phenoxy) is 1. The fourth-order valence-electron chi connectivity index (χ4n) is 1.58. The molecule has 0 unspecified atom stereocenters. The van der Waals surface area contributed by atoms with Crippen molar-refractivity contribution >= 4 is 23.5 Å². The molecule has 0 atom stereocenters. The van der Waals surface area contributed by atoms with Gasteiger partial charge in [0, 0.05) is 31.1 Å². The van der Waals surface area contributed by atoms with E-state index in [1.54, 1.807) is 24.3 Å². The monoisotopic (exact) mass is 278 g/mol. The molecule has 0 radical (unpaired) electrons. The molecule has 6 heteroatoms. The van der Waals surface area contributed by atoms with Crippen molar-refractivity contribution in [2.24, 2.45) is 0 Å². The molecule has 0 saturated carbocycles. The third kappa shape index (κ3) is 5.51. The van der Waals surface area contributed by atoms with Crippen LogP contribution < -0.4 is 10.6 Å². The Morgan fingerprint density at radius 3 is 2.65 bits per heavy atom. The number of esters is 1. The van der Waals surface area contributed by atoms with Gasteiger partial charge in [0.15, 0.2) is 0 Å². The number of methoxy groups -OCH3 is 1. The second kappa shape index (κ2) is 7.93. The van der Waals surface area contributed by atoms with E-state index < -0.39 is 0 Å². The standard InChI is InChI=1S/C14H18N2O4/c1-10(17)16-12-6-3-5-11(9-12)14(19)15-8-4-7-13(18)20-2/h3,5-6,9H,4,7-8H2,1-2H3,(H,15,19)(H,16,17). The van der Waals surface area contributed by atoms with Crippen LogP contribution in [0.2, 0.25) is 0 Å². The highest BCUT2D eigenvalue weighted by atomic mass is 16.5. The normalized spacial score (nSPS) is 9.70. The lowest BCUT2D eigenvalue weighted by atomic mass is 10.2. The van der Waals surface area contributed by atoms with Gasteiger partial charge in [-0.2, -0.15) is 0 Å². The number of carbonyl (C=O) groups excluding carboxylic acids is 3. The van der Waals surface area contributed by atoms with Gasteiger partial charge in [0.05, 0.1) is 7.11 Å². The van der Waals surface area contributed by atoms with Crippen molar-refractivity contribution in [3.8, 4) is 0 Å². The van der Waals surface area contributed by atoms with Gasteiger partial charge >= 0.3 is 5.97 Å². The molecule has 1 rings (SSSR count). The second-order valence-electron chi connectivity index (χ2n) is 4.20. The quantitative estimate of drug-likeness (QED) is 0.607. The van der Waals surface area contributed by atoms with Crippen LogP contribution in [-0.2, 0) is 14.3 Å². The Morgan fingerprint density at radius 2 is 2.00 bits per heavy atom. The molecule has 2 amide bonds. The number of amides is 2. The van der Waals surface area contributed by atoms with Crippen molar-refractivity contribution in [2.75, 3.05) is 19.0 Å². The summed E-state index contributed by atoms with van der Waals surface area (Å²) in [5, 5.41) is 5.31. The van der Waals surface area contributed by atoms with Gasteiger partial charge < -0.3 is 15.4 Å². The highest BCUT2D eigenvalue weighted by molar-refractivity contribution is 5.96. The first-order chi connectivity index (χ1) is 9.52. The largest absolute Gasteiger partial charge is 0.469 e. The zero-order chi connectivity index (χ0) is 15.0. The Balaban J connectivity index is 2.47. The number of hydrogen-bond donors (Lipinski definition) is 2.